The van der Waals surface area contributed by atoms with E-state index in [2.05, 4.69) is 0 Å². The molecule has 0 saturated carbocycles. The van der Waals surface area contributed by atoms with Crippen LogP contribution in [0.2, 0.25) is 10.0 Å². The number of fused-ring (bicyclic) bond motifs is 1. The molecule has 1 unspecified atom stereocenters. The van der Waals surface area contributed by atoms with Crippen molar-refractivity contribution in [2.75, 3.05) is 13.2 Å². The van der Waals surface area contributed by atoms with Crippen molar-refractivity contribution in [1.29, 1.82) is 0 Å². The average Bonchev–Trinajstić information content (AvgIpc) is 2.97. The van der Waals surface area contributed by atoms with Crippen LogP contribution in [-0.4, -0.2) is 30.1 Å². The number of aliphatic carboxylic acids is 1. The maximum atomic E-state index is 13.5. The van der Waals surface area contributed by atoms with Crippen LogP contribution in [0.1, 0.15) is 33.8 Å². The van der Waals surface area contributed by atoms with Crippen molar-refractivity contribution in [2.45, 2.75) is 18.8 Å². The van der Waals surface area contributed by atoms with Crippen molar-refractivity contribution >= 4 is 35.1 Å². The minimum atomic E-state index is -1.18. The fourth-order valence-electron chi connectivity index (χ4n) is 4.35. The monoisotopic (exact) mass is 599 g/mol. The first-order valence-electron chi connectivity index (χ1n) is 12.6. The number of rotatable bonds is 9. The molecule has 1 atom stereocenters. The van der Waals surface area contributed by atoms with E-state index in [-0.39, 0.29) is 47.1 Å². The molecular formula is C31H24Cl2NNaO6. The van der Waals surface area contributed by atoms with Crippen molar-refractivity contribution < 1.29 is 58.6 Å². The molecule has 1 amide bonds. The van der Waals surface area contributed by atoms with Gasteiger partial charge in [-0.1, -0.05) is 65.7 Å². The Morgan fingerprint density at radius 2 is 1.61 bits per heavy atom. The number of carboxylic acid groups (broad SMARTS) is 1. The number of hydrogen-bond acceptors (Lipinski definition) is 6. The summed E-state index contributed by atoms with van der Waals surface area (Å²) in [5.74, 6) is -0.841. The Bertz CT molecular complexity index is 1520. The zero-order valence-corrected chi connectivity index (χ0v) is 25.7. The van der Waals surface area contributed by atoms with Gasteiger partial charge in [-0.15, -0.1) is 0 Å². The Hall–Kier alpha value is -3.20. The number of amides is 1. The Morgan fingerprint density at radius 1 is 0.902 bits per heavy atom. The minimum Gasteiger partial charge on any atom is -0.549 e. The molecule has 0 N–H and O–H groups in total. The third-order valence-electron chi connectivity index (χ3n) is 6.44. The first kappa shape index (κ1) is 30.8. The van der Waals surface area contributed by atoms with Crippen LogP contribution in [-0.2, 0) is 11.2 Å². The van der Waals surface area contributed by atoms with Gasteiger partial charge in [-0.2, -0.15) is 5.06 Å². The van der Waals surface area contributed by atoms with E-state index < -0.39 is 11.9 Å². The van der Waals surface area contributed by atoms with Crippen molar-refractivity contribution in [3.05, 3.63) is 118 Å². The molecule has 0 bridgehead atoms. The number of hydrogen-bond donors (Lipinski definition) is 0. The molecule has 7 nitrogen and oxygen atoms in total. The minimum absolute atomic E-state index is 0. The molecule has 0 aromatic heterocycles. The van der Waals surface area contributed by atoms with Crippen molar-refractivity contribution in [3.63, 3.8) is 0 Å². The van der Waals surface area contributed by atoms with Crippen LogP contribution >= 0.6 is 23.2 Å². The summed E-state index contributed by atoms with van der Waals surface area (Å²) in [4.78, 5) is 30.9. The van der Waals surface area contributed by atoms with E-state index in [1.54, 1.807) is 54.6 Å². The van der Waals surface area contributed by atoms with E-state index in [0.717, 1.165) is 5.56 Å². The summed E-state index contributed by atoms with van der Waals surface area (Å²) in [6.07, 6.45) is 0.889. The third-order valence-corrected chi connectivity index (χ3v) is 7.04. The second-order valence-corrected chi connectivity index (χ2v) is 9.93. The molecule has 204 valence electrons. The molecule has 10 heteroatoms. The molecule has 41 heavy (non-hydrogen) atoms. The molecule has 0 spiro atoms. The molecule has 1 aliphatic rings. The number of carbonyl (C=O) groups excluding carboxylic acids is 2. The maximum absolute atomic E-state index is 13.5. The zero-order valence-electron chi connectivity index (χ0n) is 22.2. The van der Waals surface area contributed by atoms with Crippen LogP contribution < -0.4 is 49.0 Å². The smallest absolute Gasteiger partial charge is 0.549 e. The van der Waals surface area contributed by atoms with Gasteiger partial charge in [0.2, 0.25) is 0 Å². The predicted octanol–water partition coefficient (Wildman–Crippen LogP) is 3.08. The summed E-state index contributed by atoms with van der Waals surface area (Å²) in [5, 5.41) is 13.4. The van der Waals surface area contributed by atoms with Gasteiger partial charge < -0.3 is 24.2 Å². The molecule has 5 rings (SSSR count). The summed E-state index contributed by atoms with van der Waals surface area (Å²) < 4.78 is 11.6. The second kappa shape index (κ2) is 14.1. The van der Waals surface area contributed by atoms with E-state index >= 15 is 0 Å². The van der Waals surface area contributed by atoms with E-state index in [1.807, 2.05) is 30.3 Å². The predicted molar refractivity (Wildman–Crippen MR) is 149 cm³/mol. The first-order valence-corrected chi connectivity index (χ1v) is 13.4. The van der Waals surface area contributed by atoms with Crippen molar-refractivity contribution in [3.8, 4) is 23.0 Å². The largest absolute Gasteiger partial charge is 1.00 e. The molecule has 0 aliphatic carbocycles. The van der Waals surface area contributed by atoms with Crippen molar-refractivity contribution in [2.24, 2.45) is 0 Å². The normalized spacial score (nSPS) is 13.7. The fraction of sp³-hybridized carbons (Fsp3) is 0.161. The van der Waals surface area contributed by atoms with E-state index in [0.29, 0.717) is 58.5 Å². The number of benzene rings is 4. The molecular weight excluding hydrogens is 576 g/mol. The van der Waals surface area contributed by atoms with Crippen molar-refractivity contribution in [1.82, 2.24) is 5.06 Å². The van der Waals surface area contributed by atoms with Gasteiger partial charge in [0, 0.05) is 29.1 Å². The van der Waals surface area contributed by atoms with E-state index in [4.69, 9.17) is 37.5 Å². The SMILES string of the molecule is O=C([O-])C1CCOc2cc(Oc3ccc(C(=O)N(CCc4ccccc4)Oc4ccccc4Cl)cc3)c(Cl)cc21.[Na+]. The molecule has 1 heterocycles. The van der Waals surface area contributed by atoms with Gasteiger partial charge in [0.1, 0.15) is 17.2 Å². The van der Waals surface area contributed by atoms with Crippen LogP contribution in [0, 0.1) is 0 Å². The van der Waals surface area contributed by atoms with Crippen LogP contribution in [0.4, 0.5) is 0 Å². The molecule has 1 aliphatic heterocycles. The topological polar surface area (TPSA) is 88.1 Å². The van der Waals surface area contributed by atoms with Crippen LogP contribution in [0.5, 0.6) is 23.0 Å². The number of halogens is 2. The number of ether oxygens (including phenoxy) is 2. The number of carbonyl (C=O) groups is 2. The van der Waals surface area contributed by atoms with Gasteiger partial charge in [-0.3, -0.25) is 4.79 Å². The summed E-state index contributed by atoms with van der Waals surface area (Å²) in [5.41, 5.74) is 1.89. The quantitative estimate of drug-likeness (QED) is 0.217. The summed E-state index contributed by atoms with van der Waals surface area (Å²) in [6.45, 7) is 0.546. The number of carboxylic acids is 1. The summed E-state index contributed by atoms with van der Waals surface area (Å²) in [7, 11) is 0. The Balaban J connectivity index is 0.00000387. The number of nitrogens with zero attached hydrogens (tertiary/aromatic N) is 1. The van der Waals surface area contributed by atoms with Gasteiger partial charge in [-0.05, 0) is 60.9 Å². The van der Waals surface area contributed by atoms with Gasteiger partial charge in [0.15, 0.2) is 5.75 Å². The molecule has 0 saturated heterocycles. The Morgan fingerprint density at radius 3 is 2.32 bits per heavy atom. The third kappa shape index (κ3) is 7.56. The average molecular weight is 600 g/mol. The Kier molecular flexibility index (Phi) is 10.6. The maximum Gasteiger partial charge on any atom is 1.00 e. The standard InChI is InChI=1S/C31H25Cl2NO6.Na/c32-25-8-4-5-9-27(25)40-34(16-14-20-6-2-1-3-7-20)30(35)21-10-12-22(13-11-21)39-29-19-28-24(18-26(29)33)23(31(36)37)15-17-38-28;/h1-13,18-19,23H,14-17H2,(H,36,37);/q;+1/p-1. The van der Waals surface area contributed by atoms with Crippen LogP contribution in [0.15, 0.2) is 91.0 Å². The van der Waals surface area contributed by atoms with Gasteiger partial charge in [0.05, 0.1) is 23.2 Å². The second-order valence-electron chi connectivity index (χ2n) is 9.12. The first-order chi connectivity index (χ1) is 19.4. The van der Waals surface area contributed by atoms with Crippen LogP contribution in [0.25, 0.3) is 0 Å². The molecule has 4 aromatic rings. The van der Waals surface area contributed by atoms with E-state index in [1.165, 1.54) is 11.1 Å². The number of para-hydroxylation sites is 1. The molecule has 4 aromatic carbocycles. The zero-order chi connectivity index (χ0) is 28.1. The van der Waals surface area contributed by atoms with E-state index in [9.17, 15) is 14.7 Å². The van der Waals surface area contributed by atoms with Gasteiger partial charge in [0.25, 0.3) is 5.91 Å². The molecule has 0 radical (unpaired) electrons. The summed E-state index contributed by atoms with van der Waals surface area (Å²) >= 11 is 12.7. The van der Waals surface area contributed by atoms with Crippen LogP contribution in [0.3, 0.4) is 0 Å². The number of hydroxylamine groups is 2. The summed E-state index contributed by atoms with van der Waals surface area (Å²) in [6, 6.07) is 26.4. The van der Waals surface area contributed by atoms with Gasteiger partial charge >= 0.3 is 29.6 Å². The molecule has 0 fully saturated rings. The Labute approximate surface area is 269 Å². The van der Waals surface area contributed by atoms with Gasteiger partial charge in [-0.25, -0.2) is 0 Å². The fourth-order valence-corrected chi connectivity index (χ4v) is 4.73.